The maximum absolute atomic E-state index is 13.0. The Morgan fingerprint density at radius 1 is 1.00 bits per heavy atom. The molecule has 2 heterocycles. The summed E-state index contributed by atoms with van der Waals surface area (Å²) in [7, 11) is 5.03. The smallest absolute Gasteiger partial charge is 0.224 e. The van der Waals surface area contributed by atoms with Crippen LogP contribution in [0.4, 0.5) is 0 Å². The molecular formula is C25H26N4O3. The number of aryl methyl sites for hydroxylation is 1. The van der Waals surface area contributed by atoms with E-state index in [0.717, 1.165) is 27.9 Å². The van der Waals surface area contributed by atoms with E-state index in [1.165, 1.54) is 0 Å². The molecule has 0 aliphatic carbocycles. The molecule has 7 heteroatoms. The van der Waals surface area contributed by atoms with Gasteiger partial charge >= 0.3 is 0 Å². The molecule has 1 amide bonds. The predicted octanol–water partition coefficient (Wildman–Crippen LogP) is 3.63. The van der Waals surface area contributed by atoms with Crippen LogP contribution in [0.2, 0.25) is 0 Å². The van der Waals surface area contributed by atoms with Gasteiger partial charge in [0.05, 0.1) is 32.4 Å². The van der Waals surface area contributed by atoms with Gasteiger partial charge in [-0.2, -0.15) is 5.10 Å². The SMILES string of the molecule is COc1ccc(CC(=O)N[C@H](Cc2ccccc2)c2nn(C)c3ncccc23)cc1OC. The van der Waals surface area contributed by atoms with E-state index in [1.54, 1.807) is 31.2 Å². The molecule has 0 aliphatic heterocycles. The van der Waals surface area contributed by atoms with Crippen LogP contribution in [-0.4, -0.2) is 34.9 Å². The number of benzene rings is 2. The Kier molecular flexibility index (Phi) is 6.35. The second kappa shape index (κ2) is 9.51. The number of hydrogen-bond donors (Lipinski definition) is 1. The lowest BCUT2D eigenvalue weighted by Crippen LogP contribution is -2.31. The Bertz CT molecular complexity index is 1220. The van der Waals surface area contributed by atoms with E-state index in [-0.39, 0.29) is 18.4 Å². The first-order valence-corrected chi connectivity index (χ1v) is 10.4. The minimum Gasteiger partial charge on any atom is -0.493 e. The minimum absolute atomic E-state index is 0.0964. The van der Waals surface area contributed by atoms with E-state index in [1.807, 2.05) is 49.5 Å². The summed E-state index contributed by atoms with van der Waals surface area (Å²) in [6, 6.07) is 19.2. The first-order valence-electron chi connectivity index (χ1n) is 10.4. The first kappa shape index (κ1) is 21.4. The van der Waals surface area contributed by atoms with Crippen LogP contribution in [0.25, 0.3) is 11.0 Å². The van der Waals surface area contributed by atoms with Gasteiger partial charge in [-0.1, -0.05) is 36.4 Å². The van der Waals surface area contributed by atoms with Gasteiger partial charge in [0, 0.05) is 18.6 Å². The highest BCUT2D eigenvalue weighted by Crippen LogP contribution is 2.28. The summed E-state index contributed by atoms with van der Waals surface area (Å²) < 4.78 is 12.4. The fourth-order valence-electron chi connectivity index (χ4n) is 3.86. The molecule has 0 bridgehead atoms. The summed E-state index contributed by atoms with van der Waals surface area (Å²) in [5.41, 5.74) is 3.55. The predicted molar refractivity (Wildman–Crippen MR) is 123 cm³/mol. The van der Waals surface area contributed by atoms with Crippen molar-refractivity contribution in [1.29, 1.82) is 0 Å². The maximum atomic E-state index is 13.0. The van der Waals surface area contributed by atoms with Gasteiger partial charge in [-0.05, 0) is 41.8 Å². The number of amides is 1. The van der Waals surface area contributed by atoms with Crippen molar-refractivity contribution >= 4 is 16.9 Å². The average Bonchev–Trinajstić information content (AvgIpc) is 3.16. The lowest BCUT2D eigenvalue weighted by molar-refractivity contribution is -0.121. The van der Waals surface area contributed by atoms with E-state index >= 15 is 0 Å². The number of fused-ring (bicyclic) bond motifs is 1. The highest BCUT2D eigenvalue weighted by atomic mass is 16.5. The molecule has 0 saturated carbocycles. The van der Waals surface area contributed by atoms with Crippen molar-refractivity contribution in [2.24, 2.45) is 7.05 Å². The summed E-state index contributed by atoms with van der Waals surface area (Å²) in [4.78, 5) is 17.5. The van der Waals surface area contributed by atoms with Crippen molar-refractivity contribution in [2.75, 3.05) is 14.2 Å². The number of nitrogens with zero attached hydrogens (tertiary/aromatic N) is 3. The van der Waals surface area contributed by atoms with Crippen LogP contribution in [0.15, 0.2) is 66.9 Å². The Balaban J connectivity index is 1.61. The number of carbonyl (C=O) groups is 1. The van der Waals surface area contributed by atoms with Crippen LogP contribution < -0.4 is 14.8 Å². The number of carbonyl (C=O) groups excluding carboxylic acids is 1. The van der Waals surface area contributed by atoms with Gasteiger partial charge in [-0.15, -0.1) is 0 Å². The number of aromatic nitrogens is 3. The molecule has 0 unspecified atom stereocenters. The van der Waals surface area contributed by atoms with Crippen LogP contribution in [0.3, 0.4) is 0 Å². The Labute approximate surface area is 187 Å². The van der Waals surface area contributed by atoms with Crippen molar-refractivity contribution in [3.05, 3.63) is 83.7 Å². The lowest BCUT2D eigenvalue weighted by Gasteiger charge is -2.18. The third-order valence-corrected chi connectivity index (χ3v) is 5.39. The van der Waals surface area contributed by atoms with E-state index in [4.69, 9.17) is 14.6 Å². The number of nitrogens with one attached hydrogen (secondary N) is 1. The van der Waals surface area contributed by atoms with E-state index in [9.17, 15) is 4.79 Å². The largest absolute Gasteiger partial charge is 0.493 e. The average molecular weight is 431 g/mol. The third kappa shape index (κ3) is 4.56. The Morgan fingerprint density at radius 2 is 1.78 bits per heavy atom. The quantitative estimate of drug-likeness (QED) is 0.462. The second-order valence-corrected chi connectivity index (χ2v) is 7.56. The number of methoxy groups -OCH3 is 2. The molecular weight excluding hydrogens is 404 g/mol. The van der Waals surface area contributed by atoms with Crippen molar-refractivity contribution in [3.8, 4) is 11.5 Å². The molecule has 7 nitrogen and oxygen atoms in total. The third-order valence-electron chi connectivity index (χ3n) is 5.39. The summed E-state index contributed by atoms with van der Waals surface area (Å²) in [5.74, 6) is 1.13. The molecule has 2 aromatic heterocycles. The molecule has 32 heavy (non-hydrogen) atoms. The van der Waals surface area contributed by atoms with Crippen molar-refractivity contribution in [3.63, 3.8) is 0 Å². The fraction of sp³-hybridized carbons (Fsp3) is 0.240. The van der Waals surface area contributed by atoms with Gasteiger partial charge < -0.3 is 14.8 Å². The van der Waals surface area contributed by atoms with Crippen LogP contribution in [0, 0.1) is 0 Å². The van der Waals surface area contributed by atoms with Crippen molar-refractivity contribution < 1.29 is 14.3 Å². The van der Waals surface area contributed by atoms with E-state index < -0.39 is 0 Å². The van der Waals surface area contributed by atoms with Gasteiger partial charge in [-0.25, -0.2) is 4.98 Å². The molecule has 0 fully saturated rings. The van der Waals surface area contributed by atoms with E-state index in [0.29, 0.717) is 17.9 Å². The Hall–Kier alpha value is -3.87. The molecule has 1 N–H and O–H groups in total. The number of ether oxygens (including phenoxy) is 2. The zero-order valence-corrected chi connectivity index (χ0v) is 18.4. The van der Waals surface area contributed by atoms with Gasteiger partial charge in [0.15, 0.2) is 17.1 Å². The van der Waals surface area contributed by atoms with Crippen LogP contribution in [0.5, 0.6) is 11.5 Å². The molecule has 4 rings (SSSR count). The fourth-order valence-corrected chi connectivity index (χ4v) is 3.86. The molecule has 1 atom stereocenters. The standard InChI is InChI=1S/C25H26N4O3/c1-29-25-19(10-7-13-26-25)24(28-29)20(14-17-8-5-4-6-9-17)27-23(30)16-18-11-12-21(31-2)22(15-18)32-3/h4-13,15,20H,14,16H2,1-3H3,(H,27,30)/t20-/m1/s1. The zero-order chi connectivity index (χ0) is 22.5. The molecule has 164 valence electrons. The highest BCUT2D eigenvalue weighted by molar-refractivity contribution is 5.82. The summed E-state index contributed by atoms with van der Waals surface area (Å²) in [6.07, 6.45) is 2.59. The Morgan fingerprint density at radius 3 is 2.53 bits per heavy atom. The summed E-state index contributed by atoms with van der Waals surface area (Å²) in [6.45, 7) is 0. The van der Waals surface area contributed by atoms with Gasteiger partial charge in [-0.3, -0.25) is 9.48 Å². The van der Waals surface area contributed by atoms with Crippen molar-refractivity contribution in [2.45, 2.75) is 18.9 Å². The molecule has 4 aromatic rings. The molecule has 0 spiro atoms. The normalized spacial score (nSPS) is 11.8. The minimum atomic E-state index is -0.294. The molecule has 0 radical (unpaired) electrons. The monoisotopic (exact) mass is 430 g/mol. The molecule has 0 saturated heterocycles. The van der Waals surface area contributed by atoms with Gasteiger partial charge in [0.25, 0.3) is 0 Å². The summed E-state index contributed by atoms with van der Waals surface area (Å²) in [5, 5.41) is 8.82. The lowest BCUT2D eigenvalue weighted by atomic mass is 10.0. The summed E-state index contributed by atoms with van der Waals surface area (Å²) >= 11 is 0. The van der Waals surface area contributed by atoms with Gasteiger partial charge in [0.1, 0.15) is 0 Å². The topological polar surface area (TPSA) is 78.3 Å². The van der Waals surface area contributed by atoms with Crippen LogP contribution in [-0.2, 0) is 24.7 Å². The number of hydrogen-bond acceptors (Lipinski definition) is 5. The van der Waals surface area contributed by atoms with Crippen LogP contribution in [0.1, 0.15) is 22.9 Å². The maximum Gasteiger partial charge on any atom is 0.224 e. The second-order valence-electron chi connectivity index (χ2n) is 7.56. The van der Waals surface area contributed by atoms with Crippen LogP contribution >= 0.6 is 0 Å². The number of pyridine rings is 1. The highest BCUT2D eigenvalue weighted by Gasteiger charge is 2.22. The molecule has 2 aromatic carbocycles. The number of rotatable bonds is 8. The first-order chi connectivity index (χ1) is 15.6. The van der Waals surface area contributed by atoms with Gasteiger partial charge in [0.2, 0.25) is 5.91 Å². The molecule has 0 aliphatic rings. The van der Waals surface area contributed by atoms with Crippen molar-refractivity contribution in [1.82, 2.24) is 20.1 Å². The van der Waals surface area contributed by atoms with E-state index in [2.05, 4.69) is 22.4 Å². The zero-order valence-electron chi connectivity index (χ0n) is 18.4.